The summed E-state index contributed by atoms with van der Waals surface area (Å²) in [7, 11) is 0. The molecule has 0 saturated carbocycles. The molecule has 0 unspecified atom stereocenters. The number of anilines is 1. The fraction of sp³-hybridized carbons (Fsp3) is 0.273. The Bertz CT molecular complexity index is 981. The van der Waals surface area contributed by atoms with Crippen LogP contribution in [0.5, 0.6) is 5.75 Å². The number of hydrogen-bond acceptors (Lipinski definition) is 5. The highest BCUT2D eigenvalue weighted by Crippen LogP contribution is 2.25. The van der Waals surface area contributed by atoms with Crippen molar-refractivity contribution in [2.45, 2.75) is 19.8 Å². The highest BCUT2D eigenvalue weighted by Gasteiger charge is 2.35. The van der Waals surface area contributed by atoms with Gasteiger partial charge in [0.2, 0.25) is 11.8 Å². The van der Waals surface area contributed by atoms with E-state index in [9.17, 15) is 14.4 Å². The molecule has 2 aromatic rings. The van der Waals surface area contributed by atoms with E-state index in [0.717, 1.165) is 12.1 Å². The zero-order chi connectivity index (χ0) is 21.5. The molecule has 1 heterocycles. The lowest BCUT2D eigenvalue weighted by Gasteiger charge is -2.17. The summed E-state index contributed by atoms with van der Waals surface area (Å²) >= 11 is 0. The summed E-state index contributed by atoms with van der Waals surface area (Å²) < 4.78 is 5.31. The van der Waals surface area contributed by atoms with E-state index in [0.29, 0.717) is 5.56 Å². The molecule has 8 nitrogen and oxygen atoms in total. The molecule has 0 aliphatic carbocycles. The fourth-order valence-corrected chi connectivity index (χ4v) is 3.14. The van der Waals surface area contributed by atoms with Crippen molar-refractivity contribution in [3.8, 4) is 11.8 Å². The molecule has 1 saturated heterocycles. The van der Waals surface area contributed by atoms with E-state index in [4.69, 9.17) is 10.00 Å². The number of hydrogen-bond donors (Lipinski definition) is 2. The van der Waals surface area contributed by atoms with E-state index >= 15 is 0 Å². The second-order valence-corrected chi connectivity index (χ2v) is 6.86. The average molecular weight is 406 g/mol. The normalized spacial score (nSPS) is 15.4. The molecule has 1 aliphatic rings. The Kier molecular flexibility index (Phi) is 6.65. The molecular weight excluding hydrogens is 384 g/mol. The van der Waals surface area contributed by atoms with E-state index in [1.165, 1.54) is 5.56 Å². The van der Waals surface area contributed by atoms with Crippen molar-refractivity contribution < 1.29 is 19.1 Å². The molecular formula is C22H22N4O4. The number of rotatable bonds is 6. The van der Waals surface area contributed by atoms with E-state index in [1.807, 2.05) is 30.3 Å². The second kappa shape index (κ2) is 9.56. The number of carbonyl (C=O) groups excluding carboxylic acids is 3. The van der Waals surface area contributed by atoms with Crippen LogP contribution in [-0.2, 0) is 20.8 Å². The topological polar surface area (TPSA) is 112 Å². The van der Waals surface area contributed by atoms with Gasteiger partial charge in [0, 0.05) is 18.7 Å². The van der Waals surface area contributed by atoms with Crippen LogP contribution in [0, 0.1) is 17.2 Å². The lowest BCUT2D eigenvalue weighted by Crippen LogP contribution is -2.46. The molecule has 8 heteroatoms. The van der Waals surface area contributed by atoms with Crippen LogP contribution in [0.3, 0.4) is 0 Å². The maximum Gasteiger partial charge on any atom is 0.276 e. The van der Waals surface area contributed by atoms with Crippen molar-refractivity contribution in [3.63, 3.8) is 0 Å². The Balaban J connectivity index is 1.48. The van der Waals surface area contributed by atoms with Gasteiger partial charge in [-0.3, -0.25) is 25.2 Å². The molecule has 0 aromatic heterocycles. The summed E-state index contributed by atoms with van der Waals surface area (Å²) in [4.78, 5) is 38.2. The van der Waals surface area contributed by atoms with Gasteiger partial charge in [0.15, 0.2) is 6.61 Å². The predicted octanol–water partition coefficient (Wildman–Crippen LogP) is 1.70. The van der Waals surface area contributed by atoms with E-state index in [2.05, 4.69) is 17.8 Å². The highest BCUT2D eigenvalue weighted by molar-refractivity contribution is 6.00. The van der Waals surface area contributed by atoms with Crippen molar-refractivity contribution in [1.82, 2.24) is 10.9 Å². The first kappa shape index (κ1) is 20.9. The first-order valence-electron chi connectivity index (χ1n) is 9.61. The minimum Gasteiger partial charge on any atom is -0.482 e. The number of ether oxygens (including phenoxy) is 1. The Morgan fingerprint density at radius 3 is 2.60 bits per heavy atom. The van der Waals surface area contributed by atoms with Crippen LogP contribution in [0.1, 0.15) is 24.5 Å². The predicted molar refractivity (Wildman–Crippen MR) is 109 cm³/mol. The molecule has 0 spiro atoms. The molecule has 1 aliphatic heterocycles. The molecule has 3 rings (SSSR count). The molecule has 0 bridgehead atoms. The number of nitriles is 1. The van der Waals surface area contributed by atoms with E-state index in [1.54, 1.807) is 29.2 Å². The quantitative estimate of drug-likeness (QED) is 0.710. The first-order chi connectivity index (χ1) is 14.5. The van der Waals surface area contributed by atoms with Gasteiger partial charge in [-0.25, -0.2) is 0 Å². The molecule has 3 amide bonds. The maximum absolute atomic E-state index is 12.4. The van der Waals surface area contributed by atoms with Crippen molar-refractivity contribution in [1.29, 1.82) is 5.26 Å². The molecule has 2 aromatic carbocycles. The van der Waals surface area contributed by atoms with Gasteiger partial charge < -0.3 is 9.64 Å². The number of para-hydroxylation sites is 1. The van der Waals surface area contributed by atoms with Crippen LogP contribution >= 0.6 is 0 Å². The Labute approximate surface area is 174 Å². The number of carbonyl (C=O) groups is 3. The van der Waals surface area contributed by atoms with Crippen LogP contribution in [0.2, 0.25) is 0 Å². The first-order valence-corrected chi connectivity index (χ1v) is 9.61. The maximum atomic E-state index is 12.4. The third-order valence-corrected chi connectivity index (χ3v) is 4.84. The van der Waals surface area contributed by atoms with Crippen LogP contribution in [0.25, 0.3) is 0 Å². The number of nitrogens with one attached hydrogen (secondary N) is 2. The number of hydrazine groups is 1. The van der Waals surface area contributed by atoms with Gasteiger partial charge in [-0.15, -0.1) is 0 Å². The Morgan fingerprint density at radius 2 is 1.90 bits per heavy atom. The fourth-order valence-electron chi connectivity index (χ4n) is 3.14. The zero-order valence-electron chi connectivity index (χ0n) is 16.6. The SMILES string of the molecule is CCc1ccc(N2C[C@H](C(=O)NNC(=O)COc3ccccc3C#N)CC2=O)cc1. The van der Waals surface area contributed by atoms with Gasteiger partial charge in [-0.05, 0) is 36.2 Å². The van der Waals surface area contributed by atoms with E-state index < -0.39 is 17.7 Å². The summed E-state index contributed by atoms with van der Waals surface area (Å²) in [5.74, 6) is -1.44. The lowest BCUT2D eigenvalue weighted by molar-refractivity contribution is -0.132. The van der Waals surface area contributed by atoms with E-state index in [-0.39, 0.29) is 31.2 Å². The smallest absolute Gasteiger partial charge is 0.276 e. The zero-order valence-corrected chi connectivity index (χ0v) is 16.6. The minimum absolute atomic E-state index is 0.0727. The summed E-state index contributed by atoms with van der Waals surface area (Å²) in [5, 5.41) is 9.01. The lowest BCUT2D eigenvalue weighted by atomic mass is 10.1. The van der Waals surface area contributed by atoms with Gasteiger partial charge in [0.1, 0.15) is 11.8 Å². The third kappa shape index (κ3) is 4.94. The standard InChI is InChI=1S/C22H22N4O4/c1-2-15-7-9-18(10-8-15)26-13-17(11-21(26)28)22(29)25-24-20(27)14-30-19-6-4-3-5-16(19)12-23/h3-10,17H,2,11,13-14H2,1H3,(H,24,27)(H,25,29)/t17-/m1/s1. The summed E-state index contributed by atoms with van der Waals surface area (Å²) in [5.41, 5.74) is 6.84. The third-order valence-electron chi connectivity index (χ3n) is 4.84. The van der Waals surface area contributed by atoms with Crippen molar-refractivity contribution in [3.05, 3.63) is 59.7 Å². The van der Waals surface area contributed by atoms with Crippen LogP contribution < -0.4 is 20.5 Å². The molecule has 1 atom stereocenters. The van der Waals surface area contributed by atoms with Gasteiger partial charge in [0.05, 0.1) is 11.5 Å². The van der Waals surface area contributed by atoms with Gasteiger partial charge >= 0.3 is 0 Å². The summed E-state index contributed by atoms with van der Waals surface area (Å²) in [6, 6.07) is 16.2. The molecule has 2 N–H and O–H groups in total. The molecule has 154 valence electrons. The van der Waals surface area contributed by atoms with Crippen LogP contribution in [-0.4, -0.2) is 30.9 Å². The molecule has 0 radical (unpaired) electrons. The monoisotopic (exact) mass is 406 g/mol. The van der Waals surface area contributed by atoms with Crippen LogP contribution in [0.4, 0.5) is 5.69 Å². The number of aryl methyl sites for hydroxylation is 1. The highest BCUT2D eigenvalue weighted by atomic mass is 16.5. The number of benzene rings is 2. The van der Waals surface area contributed by atoms with Gasteiger partial charge in [-0.2, -0.15) is 5.26 Å². The van der Waals surface area contributed by atoms with Crippen molar-refractivity contribution in [2.24, 2.45) is 5.92 Å². The summed E-state index contributed by atoms with van der Waals surface area (Å²) in [6.45, 7) is 1.94. The van der Waals surface area contributed by atoms with Gasteiger partial charge in [0.25, 0.3) is 5.91 Å². The Hall–Kier alpha value is -3.86. The van der Waals surface area contributed by atoms with Crippen molar-refractivity contribution >= 4 is 23.4 Å². The van der Waals surface area contributed by atoms with Gasteiger partial charge in [-0.1, -0.05) is 31.2 Å². The largest absolute Gasteiger partial charge is 0.482 e. The van der Waals surface area contributed by atoms with Crippen molar-refractivity contribution in [2.75, 3.05) is 18.1 Å². The number of amides is 3. The Morgan fingerprint density at radius 1 is 1.17 bits per heavy atom. The molecule has 1 fully saturated rings. The second-order valence-electron chi connectivity index (χ2n) is 6.86. The summed E-state index contributed by atoms with van der Waals surface area (Å²) in [6.07, 6.45) is 0.980. The average Bonchev–Trinajstić information content (AvgIpc) is 3.17. The minimum atomic E-state index is -0.576. The van der Waals surface area contributed by atoms with Crippen LogP contribution in [0.15, 0.2) is 48.5 Å². The molecule has 30 heavy (non-hydrogen) atoms. The number of nitrogens with zero attached hydrogens (tertiary/aromatic N) is 2.